The van der Waals surface area contributed by atoms with Crippen molar-refractivity contribution in [2.75, 3.05) is 17.2 Å². The summed E-state index contributed by atoms with van der Waals surface area (Å²) in [5, 5.41) is 2.71. The average Bonchev–Trinajstić information content (AvgIpc) is 2.81. The number of anilines is 2. The Morgan fingerprint density at radius 1 is 1.41 bits per heavy atom. The molecule has 0 bridgehead atoms. The number of nitrogens with one attached hydrogen (secondary N) is 1. The van der Waals surface area contributed by atoms with Crippen LogP contribution in [0.4, 0.5) is 16.2 Å². The highest BCUT2D eigenvalue weighted by Gasteiger charge is 2.24. The van der Waals surface area contributed by atoms with Crippen LogP contribution in [0.2, 0.25) is 0 Å². The van der Waals surface area contributed by atoms with E-state index in [4.69, 9.17) is 10.5 Å². The number of rotatable bonds is 3. The minimum atomic E-state index is -0.548. The van der Waals surface area contributed by atoms with E-state index in [1.54, 1.807) is 37.8 Å². The summed E-state index contributed by atoms with van der Waals surface area (Å²) in [7, 11) is 0. The Kier molecular flexibility index (Phi) is 4.59. The van der Waals surface area contributed by atoms with Gasteiger partial charge in [0.25, 0.3) is 0 Å². The van der Waals surface area contributed by atoms with E-state index < -0.39 is 11.7 Å². The van der Waals surface area contributed by atoms with Gasteiger partial charge in [-0.1, -0.05) is 0 Å². The molecule has 6 heteroatoms. The van der Waals surface area contributed by atoms with Crippen LogP contribution in [-0.4, -0.2) is 24.1 Å². The molecule has 0 aliphatic carbocycles. The van der Waals surface area contributed by atoms with E-state index in [1.807, 2.05) is 6.07 Å². The van der Waals surface area contributed by atoms with Crippen LogP contribution >= 0.6 is 0 Å². The van der Waals surface area contributed by atoms with E-state index in [2.05, 4.69) is 5.32 Å². The number of ether oxygens (including phenoxy) is 1. The maximum atomic E-state index is 11.9. The Bertz CT molecular complexity index is 578. The van der Waals surface area contributed by atoms with Gasteiger partial charge in [-0.2, -0.15) is 0 Å². The number of hydrogen-bond acceptors (Lipinski definition) is 4. The minimum Gasteiger partial charge on any atom is -0.444 e. The summed E-state index contributed by atoms with van der Waals surface area (Å²) in [6.45, 7) is 6.38. The molecule has 1 aromatic carbocycles. The lowest BCUT2D eigenvalue weighted by Crippen LogP contribution is -2.33. The van der Waals surface area contributed by atoms with Crippen LogP contribution in [0.25, 0.3) is 0 Å². The van der Waals surface area contributed by atoms with Crippen molar-refractivity contribution in [3.63, 3.8) is 0 Å². The molecule has 22 heavy (non-hydrogen) atoms. The highest BCUT2D eigenvalue weighted by Crippen LogP contribution is 2.27. The van der Waals surface area contributed by atoms with Crippen LogP contribution < -0.4 is 16.0 Å². The van der Waals surface area contributed by atoms with Crippen molar-refractivity contribution in [3.8, 4) is 0 Å². The number of nitrogens with two attached hydrogens (primary N) is 1. The Hall–Kier alpha value is -2.24. The Morgan fingerprint density at radius 3 is 2.73 bits per heavy atom. The van der Waals surface area contributed by atoms with Gasteiger partial charge in [-0.3, -0.25) is 4.79 Å². The summed E-state index contributed by atoms with van der Waals surface area (Å²) < 4.78 is 5.21. The largest absolute Gasteiger partial charge is 0.444 e. The van der Waals surface area contributed by atoms with E-state index in [0.717, 1.165) is 17.7 Å². The van der Waals surface area contributed by atoms with Gasteiger partial charge in [0.1, 0.15) is 5.60 Å². The molecule has 0 spiro atoms. The van der Waals surface area contributed by atoms with Crippen LogP contribution in [0.15, 0.2) is 18.2 Å². The highest BCUT2D eigenvalue weighted by atomic mass is 16.6. The fraction of sp³-hybridized carbons (Fsp3) is 0.500. The maximum absolute atomic E-state index is 11.9. The lowest BCUT2D eigenvalue weighted by molar-refractivity contribution is -0.117. The number of nitrogens with zero attached hydrogens (tertiary/aromatic N) is 1. The quantitative estimate of drug-likeness (QED) is 0.840. The van der Waals surface area contributed by atoms with Crippen LogP contribution in [0.1, 0.15) is 39.2 Å². The molecule has 1 aliphatic rings. The number of alkyl carbamates (subject to hydrolysis) is 1. The van der Waals surface area contributed by atoms with Crippen LogP contribution in [0, 0.1) is 0 Å². The highest BCUT2D eigenvalue weighted by molar-refractivity contribution is 5.96. The summed E-state index contributed by atoms with van der Waals surface area (Å²) in [4.78, 5) is 25.4. The van der Waals surface area contributed by atoms with Gasteiger partial charge in [0.2, 0.25) is 5.91 Å². The number of nitrogen functional groups attached to an aromatic ring is 1. The molecule has 1 saturated heterocycles. The van der Waals surface area contributed by atoms with E-state index in [0.29, 0.717) is 18.7 Å². The molecule has 3 N–H and O–H groups in total. The molecule has 0 unspecified atom stereocenters. The first-order chi connectivity index (χ1) is 10.3. The third kappa shape index (κ3) is 4.13. The van der Waals surface area contributed by atoms with Crippen molar-refractivity contribution in [2.45, 2.75) is 45.8 Å². The zero-order valence-corrected chi connectivity index (χ0v) is 13.3. The third-order valence-electron chi connectivity index (χ3n) is 3.29. The van der Waals surface area contributed by atoms with E-state index in [1.165, 1.54) is 0 Å². The first kappa shape index (κ1) is 16.1. The van der Waals surface area contributed by atoms with Gasteiger partial charge in [-0.05, 0) is 51.0 Å². The Balaban J connectivity index is 2.11. The van der Waals surface area contributed by atoms with Gasteiger partial charge in [0.15, 0.2) is 0 Å². The molecular formula is C16H23N3O3. The van der Waals surface area contributed by atoms with Crippen LogP contribution in [0.3, 0.4) is 0 Å². The summed E-state index contributed by atoms with van der Waals surface area (Å²) in [5.41, 5.74) is 7.47. The van der Waals surface area contributed by atoms with Crippen molar-refractivity contribution < 1.29 is 14.3 Å². The lowest BCUT2D eigenvalue weighted by atomic mass is 10.1. The van der Waals surface area contributed by atoms with E-state index >= 15 is 0 Å². The predicted molar refractivity (Wildman–Crippen MR) is 85.5 cm³/mol. The fourth-order valence-electron chi connectivity index (χ4n) is 2.39. The second-order valence-electron chi connectivity index (χ2n) is 6.39. The molecule has 1 heterocycles. The first-order valence-electron chi connectivity index (χ1n) is 7.42. The van der Waals surface area contributed by atoms with Gasteiger partial charge in [-0.15, -0.1) is 0 Å². The molecule has 0 saturated carbocycles. The molecule has 120 valence electrons. The van der Waals surface area contributed by atoms with Gasteiger partial charge in [-0.25, -0.2) is 4.79 Å². The van der Waals surface area contributed by atoms with Crippen molar-refractivity contribution >= 4 is 23.4 Å². The second kappa shape index (κ2) is 6.25. The second-order valence-corrected chi connectivity index (χ2v) is 6.39. The molecule has 2 rings (SSSR count). The normalized spacial score (nSPS) is 15.0. The smallest absolute Gasteiger partial charge is 0.407 e. The van der Waals surface area contributed by atoms with E-state index in [-0.39, 0.29) is 12.5 Å². The summed E-state index contributed by atoms with van der Waals surface area (Å²) in [6, 6.07) is 5.36. The fourth-order valence-corrected chi connectivity index (χ4v) is 2.39. The van der Waals surface area contributed by atoms with Crippen molar-refractivity contribution in [3.05, 3.63) is 23.8 Å². The molecule has 2 amide bonds. The van der Waals surface area contributed by atoms with Crippen LogP contribution in [-0.2, 0) is 16.1 Å². The van der Waals surface area contributed by atoms with Crippen molar-refractivity contribution in [2.24, 2.45) is 0 Å². The molecule has 1 fully saturated rings. The zero-order valence-electron chi connectivity index (χ0n) is 13.3. The van der Waals surface area contributed by atoms with Crippen molar-refractivity contribution in [1.29, 1.82) is 0 Å². The number of carbonyl (C=O) groups excluding carboxylic acids is 2. The molecular weight excluding hydrogens is 282 g/mol. The zero-order chi connectivity index (χ0) is 16.3. The lowest BCUT2D eigenvalue weighted by Gasteiger charge is -2.22. The maximum Gasteiger partial charge on any atom is 0.407 e. The molecule has 0 radical (unpaired) electrons. The Labute approximate surface area is 130 Å². The first-order valence-corrected chi connectivity index (χ1v) is 7.42. The summed E-state index contributed by atoms with van der Waals surface area (Å²) in [6.07, 6.45) is 0.916. The molecule has 0 aromatic heterocycles. The average molecular weight is 305 g/mol. The molecule has 0 atom stereocenters. The topological polar surface area (TPSA) is 84.7 Å². The van der Waals surface area contributed by atoms with Crippen molar-refractivity contribution in [1.82, 2.24) is 5.32 Å². The number of carbonyl (C=O) groups is 2. The number of benzene rings is 1. The Morgan fingerprint density at radius 2 is 2.14 bits per heavy atom. The van der Waals surface area contributed by atoms with Gasteiger partial charge >= 0.3 is 6.09 Å². The van der Waals surface area contributed by atoms with Gasteiger partial charge < -0.3 is 20.7 Å². The van der Waals surface area contributed by atoms with Crippen LogP contribution in [0.5, 0.6) is 0 Å². The van der Waals surface area contributed by atoms with Gasteiger partial charge in [0, 0.05) is 30.9 Å². The SMILES string of the molecule is CC(C)(C)OC(=O)NCc1cc(N)ccc1N1CCCC1=O. The van der Waals surface area contributed by atoms with Gasteiger partial charge in [0.05, 0.1) is 0 Å². The minimum absolute atomic E-state index is 0.100. The molecule has 1 aliphatic heterocycles. The summed E-state index contributed by atoms with van der Waals surface area (Å²) in [5.74, 6) is 0.100. The standard InChI is InChI=1S/C16H23N3O3/c1-16(2,3)22-15(21)18-10-11-9-12(17)6-7-13(11)19-8-4-5-14(19)20/h6-7,9H,4-5,8,10,17H2,1-3H3,(H,18,21). The number of amides is 2. The number of hydrogen-bond donors (Lipinski definition) is 2. The predicted octanol–water partition coefficient (Wildman–Crippen LogP) is 2.42. The molecule has 1 aromatic rings. The molecule has 6 nitrogen and oxygen atoms in total. The monoisotopic (exact) mass is 305 g/mol. The third-order valence-corrected chi connectivity index (χ3v) is 3.29. The summed E-state index contributed by atoms with van der Waals surface area (Å²) >= 11 is 0. The van der Waals surface area contributed by atoms with E-state index in [9.17, 15) is 9.59 Å².